The first kappa shape index (κ1) is 21.9. The lowest BCUT2D eigenvalue weighted by Gasteiger charge is -2.43. The average Bonchev–Trinajstić information content (AvgIpc) is 2.70. The molecule has 0 bridgehead atoms. The molecule has 164 valence electrons. The van der Waals surface area contributed by atoms with Crippen molar-refractivity contribution in [3.8, 4) is 0 Å². The molecule has 30 heavy (non-hydrogen) atoms. The van der Waals surface area contributed by atoms with Crippen LogP contribution in [0.3, 0.4) is 0 Å². The van der Waals surface area contributed by atoms with Gasteiger partial charge in [0.2, 0.25) is 11.8 Å². The van der Waals surface area contributed by atoms with Crippen molar-refractivity contribution < 1.29 is 9.59 Å². The standard InChI is InChI=1S/C22H30Cl2N4O2/c23-19-5-4-17(14-20(19)24)15-21(29)27-8-6-25(7-9-27)16-22(30)28-12-10-26(11-13-28)18-2-1-3-18/h4-5,14,18H,1-3,6-13,15-16H2. The summed E-state index contributed by atoms with van der Waals surface area (Å²) in [6, 6.07) is 6.08. The normalized spacial score (nSPS) is 21.5. The molecule has 2 heterocycles. The van der Waals surface area contributed by atoms with E-state index in [0.717, 1.165) is 50.9 Å². The van der Waals surface area contributed by atoms with Crippen LogP contribution in [0.25, 0.3) is 0 Å². The van der Waals surface area contributed by atoms with E-state index in [9.17, 15) is 9.59 Å². The lowest BCUT2D eigenvalue weighted by atomic mass is 9.91. The third-order valence-electron chi connectivity index (χ3n) is 6.68. The number of benzene rings is 1. The van der Waals surface area contributed by atoms with Crippen molar-refractivity contribution in [3.63, 3.8) is 0 Å². The van der Waals surface area contributed by atoms with Crippen LogP contribution < -0.4 is 0 Å². The van der Waals surface area contributed by atoms with Crippen LogP contribution in [0.1, 0.15) is 24.8 Å². The van der Waals surface area contributed by atoms with Crippen molar-refractivity contribution in [2.45, 2.75) is 31.7 Å². The topological polar surface area (TPSA) is 47.1 Å². The van der Waals surface area contributed by atoms with Crippen LogP contribution in [0, 0.1) is 0 Å². The molecular weight excluding hydrogens is 423 g/mol. The van der Waals surface area contributed by atoms with E-state index in [0.29, 0.717) is 36.1 Å². The summed E-state index contributed by atoms with van der Waals surface area (Å²) in [4.78, 5) is 33.9. The number of hydrogen-bond acceptors (Lipinski definition) is 4. The van der Waals surface area contributed by atoms with Crippen LogP contribution in [0.5, 0.6) is 0 Å². The fourth-order valence-corrected chi connectivity index (χ4v) is 4.79. The summed E-state index contributed by atoms with van der Waals surface area (Å²) < 4.78 is 0. The van der Waals surface area contributed by atoms with Gasteiger partial charge in [-0.25, -0.2) is 0 Å². The molecule has 0 N–H and O–H groups in total. The third kappa shape index (κ3) is 5.28. The first-order valence-corrected chi connectivity index (χ1v) is 11.7. The zero-order chi connectivity index (χ0) is 21.1. The van der Waals surface area contributed by atoms with Gasteiger partial charge in [-0.1, -0.05) is 35.7 Å². The van der Waals surface area contributed by atoms with Crippen LogP contribution in [-0.2, 0) is 16.0 Å². The van der Waals surface area contributed by atoms with E-state index in [-0.39, 0.29) is 11.8 Å². The minimum Gasteiger partial charge on any atom is -0.340 e. The fraction of sp³-hybridized carbons (Fsp3) is 0.636. The maximum Gasteiger partial charge on any atom is 0.236 e. The number of carbonyl (C=O) groups is 2. The lowest BCUT2D eigenvalue weighted by Crippen LogP contribution is -2.56. The molecule has 0 aromatic heterocycles. The molecule has 1 aliphatic carbocycles. The molecule has 8 heteroatoms. The van der Waals surface area contributed by atoms with Crippen molar-refractivity contribution in [1.29, 1.82) is 0 Å². The summed E-state index contributed by atoms with van der Waals surface area (Å²) in [5.41, 5.74) is 0.869. The van der Waals surface area contributed by atoms with Crippen molar-refractivity contribution in [1.82, 2.24) is 19.6 Å². The second-order valence-electron chi connectivity index (χ2n) is 8.58. The fourth-order valence-electron chi connectivity index (χ4n) is 4.47. The van der Waals surface area contributed by atoms with E-state index < -0.39 is 0 Å². The molecule has 2 aliphatic heterocycles. The minimum absolute atomic E-state index is 0.0893. The molecule has 2 amide bonds. The van der Waals surface area contributed by atoms with Crippen LogP contribution in [0.4, 0.5) is 0 Å². The number of carbonyl (C=O) groups excluding carboxylic acids is 2. The average molecular weight is 453 g/mol. The smallest absolute Gasteiger partial charge is 0.236 e. The highest BCUT2D eigenvalue weighted by atomic mass is 35.5. The third-order valence-corrected chi connectivity index (χ3v) is 7.42. The zero-order valence-corrected chi connectivity index (χ0v) is 18.9. The zero-order valence-electron chi connectivity index (χ0n) is 17.4. The maximum atomic E-state index is 12.7. The van der Waals surface area contributed by atoms with E-state index >= 15 is 0 Å². The predicted octanol–water partition coefficient (Wildman–Crippen LogP) is 2.38. The highest BCUT2D eigenvalue weighted by Crippen LogP contribution is 2.25. The molecular formula is C22H30Cl2N4O2. The number of halogens is 2. The number of amides is 2. The molecule has 0 atom stereocenters. The van der Waals surface area contributed by atoms with Gasteiger partial charge in [0.25, 0.3) is 0 Å². The van der Waals surface area contributed by atoms with Gasteiger partial charge in [-0.05, 0) is 30.5 Å². The van der Waals surface area contributed by atoms with Crippen molar-refractivity contribution in [3.05, 3.63) is 33.8 Å². The van der Waals surface area contributed by atoms with Crippen molar-refractivity contribution in [2.75, 3.05) is 58.9 Å². The molecule has 3 aliphatic rings. The second kappa shape index (κ2) is 9.86. The van der Waals surface area contributed by atoms with Gasteiger partial charge in [0.15, 0.2) is 0 Å². The Bertz CT molecular complexity index is 770. The SMILES string of the molecule is O=C(Cc1ccc(Cl)c(Cl)c1)N1CCN(CC(=O)N2CCN(C3CCC3)CC2)CC1. The molecule has 0 radical (unpaired) electrons. The van der Waals surface area contributed by atoms with Crippen LogP contribution in [-0.4, -0.2) is 96.4 Å². The minimum atomic E-state index is 0.0893. The maximum absolute atomic E-state index is 12.7. The summed E-state index contributed by atoms with van der Waals surface area (Å²) >= 11 is 12.0. The van der Waals surface area contributed by atoms with Gasteiger partial charge in [0, 0.05) is 58.4 Å². The van der Waals surface area contributed by atoms with E-state index in [2.05, 4.69) is 9.80 Å². The first-order chi connectivity index (χ1) is 14.5. The Morgan fingerprint density at radius 3 is 2.07 bits per heavy atom. The van der Waals surface area contributed by atoms with E-state index in [4.69, 9.17) is 23.2 Å². The number of hydrogen-bond donors (Lipinski definition) is 0. The van der Waals surface area contributed by atoms with Crippen molar-refractivity contribution >= 4 is 35.0 Å². The highest BCUT2D eigenvalue weighted by Gasteiger charge is 2.30. The number of piperazine rings is 2. The molecule has 3 fully saturated rings. The molecule has 4 rings (SSSR count). The lowest BCUT2D eigenvalue weighted by molar-refractivity contribution is -0.136. The Hall–Kier alpha value is -1.34. The van der Waals surface area contributed by atoms with E-state index in [1.807, 2.05) is 15.9 Å². The molecule has 1 aromatic carbocycles. The molecule has 0 unspecified atom stereocenters. The van der Waals surface area contributed by atoms with E-state index in [1.54, 1.807) is 12.1 Å². The van der Waals surface area contributed by atoms with Crippen LogP contribution >= 0.6 is 23.2 Å². The summed E-state index contributed by atoms with van der Waals surface area (Å²) in [5.74, 6) is 0.310. The highest BCUT2D eigenvalue weighted by molar-refractivity contribution is 6.42. The second-order valence-corrected chi connectivity index (χ2v) is 9.40. The largest absolute Gasteiger partial charge is 0.340 e. The van der Waals surface area contributed by atoms with Gasteiger partial charge in [-0.2, -0.15) is 0 Å². The summed E-state index contributed by atoms with van der Waals surface area (Å²) in [6.07, 6.45) is 4.32. The Labute approximate surface area is 188 Å². The van der Waals surface area contributed by atoms with Gasteiger partial charge >= 0.3 is 0 Å². The quantitative estimate of drug-likeness (QED) is 0.687. The summed E-state index contributed by atoms with van der Waals surface area (Å²) in [5, 5.41) is 0.967. The Morgan fingerprint density at radius 2 is 1.47 bits per heavy atom. The molecule has 6 nitrogen and oxygen atoms in total. The van der Waals surface area contributed by atoms with Gasteiger partial charge in [0.05, 0.1) is 23.0 Å². The monoisotopic (exact) mass is 452 g/mol. The van der Waals surface area contributed by atoms with Crippen molar-refractivity contribution in [2.24, 2.45) is 0 Å². The molecule has 1 aromatic rings. The molecule has 1 saturated carbocycles. The van der Waals surface area contributed by atoms with Gasteiger partial charge < -0.3 is 9.80 Å². The first-order valence-electron chi connectivity index (χ1n) is 11.0. The summed E-state index contributed by atoms with van der Waals surface area (Å²) in [6.45, 7) is 6.95. The number of rotatable bonds is 5. The Morgan fingerprint density at radius 1 is 0.833 bits per heavy atom. The summed E-state index contributed by atoms with van der Waals surface area (Å²) in [7, 11) is 0. The molecule has 2 saturated heterocycles. The Balaban J connectivity index is 1.18. The van der Waals surface area contributed by atoms with Gasteiger partial charge in [-0.15, -0.1) is 0 Å². The number of nitrogens with zero attached hydrogens (tertiary/aromatic N) is 4. The van der Waals surface area contributed by atoms with Gasteiger partial charge in [-0.3, -0.25) is 19.4 Å². The van der Waals surface area contributed by atoms with Crippen LogP contribution in [0.15, 0.2) is 18.2 Å². The van der Waals surface area contributed by atoms with Gasteiger partial charge in [0.1, 0.15) is 0 Å². The van der Waals surface area contributed by atoms with Crippen LogP contribution in [0.2, 0.25) is 10.0 Å². The predicted molar refractivity (Wildman–Crippen MR) is 119 cm³/mol. The Kier molecular flexibility index (Phi) is 7.19. The van der Waals surface area contributed by atoms with E-state index in [1.165, 1.54) is 19.3 Å². The molecule has 0 spiro atoms.